The standard InChI is InChI=1S/C14H15N3O3/c1-9(11-7-15-16-8-11)17-13(18)6-10-4-2-3-5-12(10)14(19)20/h2-5,7-9H,6H2,1H3,(H,15,16)(H,17,18)(H,19,20). The average Bonchev–Trinajstić information content (AvgIpc) is 2.92. The molecular weight excluding hydrogens is 258 g/mol. The van der Waals surface area contributed by atoms with E-state index in [-0.39, 0.29) is 23.9 Å². The Morgan fingerprint density at radius 3 is 2.80 bits per heavy atom. The van der Waals surface area contributed by atoms with Gasteiger partial charge in [0, 0.05) is 11.8 Å². The van der Waals surface area contributed by atoms with Crippen LogP contribution in [0, 0.1) is 0 Å². The fraction of sp³-hybridized carbons (Fsp3) is 0.214. The van der Waals surface area contributed by atoms with Crippen LogP contribution in [0.1, 0.15) is 34.5 Å². The second kappa shape index (κ2) is 6.01. The Morgan fingerprint density at radius 2 is 2.15 bits per heavy atom. The number of amides is 1. The minimum absolute atomic E-state index is 0.0324. The molecule has 1 amide bonds. The summed E-state index contributed by atoms with van der Waals surface area (Å²) in [5.74, 6) is -1.26. The van der Waals surface area contributed by atoms with Crippen molar-refractivity contribution in [1.29, 1.82) is 0 Å². The number of carboxylic acids is 1. The predicted octanol–water partition coefficient (Wildman–Crippen LogP) is 1.53. The number of benzene rings is 1. The van der Waals surface area contributed by atoms with Gasteiger partial charge in [0.2, 0.25) is 5.91 Å². The Morgan fingerprint density at radius 1 is 1.40 bits per heavy atom. The summed E-state index contributed by atoms with van der Waals surface area (Å²) in [5.41, 5.74) is 1.51. The van der Waals surface area contributed by atoms with Gasteiger partial charge in [-0.2, -0.15) is 5.10 Å². The zero-order chi connectivity index (χ0) is 14.5. The van der Waals surface area contributed by atoms with Crippen molar-refractivity contribution in [2.75, 3.05) is 0 Å². The van der Waals surface area contributed by atoms with E-state index in [1.54, 1.807) is 30.6 Å². The van der Waals surface area contributed by atoms with Gasteiger partial charge in [0.15, 0.2) is 0 Å². The third-order valence-corrected chi connectivity index (χ3v) is 3.00. The van der Waals surface area contributed by atoms with Gasteiger partial charge in [-0.05, 0) is 18.6 Å². The number of carboxylic acid groups (broad SMARTS) is 1. The van der Waals surface area contributed by atoms with Crippen LogP contribution in [0.25, 0.3) is 0 Å². The Balaban J connectivity index is 2.03. The van der Waals surface area contributed by atoms with Crippen molar-refractivity contribution in [2.45, 2.75) is 19.4 Å². The Labute approximate surface area is 115 Å². The van der Waals surface area contributed by atoms with Gasteiger partial charge in [-0.15, -0.1) is 0 Å². The first-order valence-electron chi connectivity index (χ1n) is 6.17. The Hall–Kier alpha value is -2.63. The number of aromatic nitrogens is 2. The number of hydrogen-bond donors (Lipinski definition) is 3. The van der Waals surface area contributed by atoms with Gasteiger partial charge in [0.25, 0.3) is 0 Å². The molecule has 0 saturated heterocycles. The molecule has 1 atom stereocenters. The first-order chi connectivity index (χ1) is 9.58. The van der Waals surface area contributed by atoms with Crippen molar-refractivity contribution in [1.82, 2.24) is 15.5 Å². The van der Waals surface area contributed by atoms with Crippen LogP contribution < -0.4 is 5.32 Å². The minimum Gasteiger partial charge on any atom is -0.478 e. The van der Waals surface area contributed by atoms with E-state index >= 15 is 0 Å². The molecule has 0 aliphatic rings. The lowest BCUT2D eigenvalue weighted by atomic mass is 10.0. The molecule has 1 aromatic carbocycles. The summed E-state index contributed by atoms with van der Waals surface area (Å²) < 4.78 is 0. The first kappa shape index (κ1) is 13.8. The molecular formula is C14H15N3O3. The molecule has 6 nitrogen and oxygen atoms in total. The molecule has 0 aliphatic carbocycles. The lowest BCUT2D eigenvalue weighted by molar-refractivity contribution is -0.121. The van der Waals surface area contributed by atoms with E-state index in [9.17, 15) is 9.59 Å². The molecule has 0 saturated carbocycles. The van der Waals surface area contributed by atoms with E-state index < -0.39 is 5.97 Å². The Bertz CT molecular complexity index is 608. The van der Waals surface area contributed by atoms with Gasteiger partial charge < -0.3 is 10.4 Å². The number of rotatable bonds is 5. The van der Waals surface area contributed by atoms with Gasteiger partial charge >= 0.3 is 5.97 Å². The van der Waals surface area contributed by atoms with Gasteiger partial charge in [-0.25, -0.2) is 4.79 Å². The van der Waals surface area contributed by atoms with Gasteiger partial charge in [0.1, 0.15) is 0 Å². The topological polar surface area (TPSA) is 95.1 Å². The van der Waals surface area contributed by atoms with Crippen molar-refractivity contribution in [3.63, 3.8) is 0 Å². The summed E-state index contributed by atoms with van der Waals surface area (Å²) in [7, 11) is 0. The highest BCUT2D eigenvalue weighted by Crippen LogP contribution is 2.12. The van der Waals surface area contributed by atoms with E-state index in [0.29, 0.717) is 5.56 Å². The number of carbonyl (C=O) groups is 2. The zero-order valence-corrected chi connectivity index (χ0v) is 11.0. The monoisotopic (exact) mass is 273 g/mol. The first-order valence-corrected chi connectivity index (χ1v) is 6.17. The molecule has 0 radical (unpaired) electrons. The summed E-state index contributed by atoms with van der Waals surface area (Å²) in [6.07, 6.45) is 3.37. The summed E-state index contributed by atoms with van der Waals surface area (Å²) in [5, 5.41) is 18.4. The lowest BCUT2D eigenvalue weighted by Crippen LogP contribution is -2.28. The fourth-order valence-electron chi connectivity index (χ4n) is 1.93. The highest BCUT2D eigenvalue weighted by atomic mass is 16.4. The zero-order valence-electron chi connectivity index (χ0n) is 11.0. The third-order valence-electron chi connectivity index (χ3n) is 3.00. The summed E-state index contributed by atoms with van der Waals surface area (Å²) in [6.45, 7) is 1.84. The molecule has 0 spiro atoms. The SMILES string of the molecule is CC(NC(=O)Cc1ccccc1C(=O)O)c1cn[nH]c1. The van der Waals surface area contributed by atoms with Crippen molar-refractivity contribution in [2.24, 2.45) is 0 Å². The van der Waals surface area contributed by atoms with Crippen LogP contribution in [0.4, 0.5) is 0 Å². The normalized spacial score (nSPS) is 11.8. The lowest BCUT2D eigenvalue weighted by Gasteiger charge is -2.12. The third kappa shape index (κ3) is 3.23. The molecule has 1 unspecified atom stereocenters. The van der Waals surface area contributed by atoms with Crippen LogP contribution in [-0.2, 0) is 11.2 Å². The number of nitrogens with one attached hydrogen (secondary N) is 2. The maximum Gasteiger partial charge on any atom is 0.335 e. The van der Waals surface area contributed by atoms with E-state index in [4.69, 9.17) is 5.11 Å². The molecule has 0 bridgehead atoms. The molecule has 1 heterocycles. The Kier molecular flexibility index (Phi) is 4.14. The largest absolute Gasteiger partial charge is 0.478 e. The molecule has 0 aliphatic heterocycles. The van der Waals surface area contributed by atoms with Crippen LogP contribution >= 0.6 is 0 Å². The predicted molar refractivity (Wildman–Crippen MR) is 72.3 cm³/mol. The van der Waals surface area contributed by atoms with Crippen LogP contribution in [0.2, 0.25) is 0 Å². The number of carbonyl (C=O) groups excluding carboxylic acids is 1. The molecule has 2 rings (SSSR count). The average molecular weight is 273 g/mol. The van der Waals surface area contributed by atoms with Crippen molar-refractivity contribution in [3.8, 4) is 0 Å². The van der Waals surface area contributed by atoms with E-state index in [1.807, 2.05) is 6.92 Å². The van der Waals surface area contributed by atoms with E-state index in [2.05, 4.69) is 15.5 Å². The summed E-state index contributed by atoms with van der Waals surface area (Å²) in [4.78, 5) is 23.0. The summed E-state index contributed by atoms with van der Waals surface area (Å²) >= 11 is 0. The molecule has 0 fully saturated rings. The second-order valence-corrected chi connectivity index (χ2v) is 4.46. The molecule has 2 aromatic rings. The molecule has 1 aromatic heterocycles. The van der Waals surface area contributed by atoms with Crippen LogP contribution in [-0.4, -0.2) is 27.2 Å². The smallest absolute Gasteiger partial charge is 0.335 e. The van der Waals surface area contributed by atoms with Gasteiger partial charge in [-0.1, -0.05) is 18.2 Å². The number of hydrogen-bond acceptors (Lipinski definition) is 3. The van der Waals surface area contributed by atoms with Crippen molar-refractivity contribution >= 4 is 11.9 Å². The van der Waals surface area contributed by atoms with Crippen molar-refractivity contribution in [3.05, 3.63) is 53.3 Å². The van der Waals surface area contributed by atoms with E-state index in [1.165, 1.54) is 6.07 Å². The van der Waals surface area contributed by atoms with Crippen LogP contribution in [0.3, 0.4) is 0 Å². The minimum atomic E-state index is -1.03. The van der Waals surface area contributed by atoms with Gasteiger partial charge in [-0.3, -0.25) is 9.89 Å². The van der Waals surface area contributed by atoms with E-state index in [0.717, 1.165) is 5.56 Å². The van der Waals surface area contributed by atoms with Gasteiger partial charge in [0.05, 0.1) is 24.2 Å². The molecule has 104 valence electrons. The van der Waals surface area contributed by atoms with Crippen LogP contribution in [0.5, 0.6) is 0 Å². The number of nitrogens with zero attached hydrogens (tertiary/aromatic N) is 1. The fourth-order valence-corrected chi connectivity index (χ4v) is 1.93. The highest BCUT2D eigenvalue weighted by molar-refractivity contribution is 5.91. The molecule has 6 heteroatoms. The quantitative estimate of drug-likeness (QED) is 0.769. The summed E-state index contributed by atoms with van der Waals surface area (Å²) in [6, 6.07) is 6.31. The maximum absolute atomic E-state index is 12.0. The van der Waals surface area contributed by atoms with Crippen molar-refractivity contribution < 1.29 is 14.7 Å². The second-order valence-electron chi connectivity index (χ2n) is 4.46. The molecule has 20 heavy (non-hydrogen) atoms. The number of aromatic amines is 1. The number of H-pyrrole nitrogens is 1. The van der Waals surface area contributed by atoms with Crippen LogP contribution in [0.15, 0.2) is 36.7 Å². The number of aromatic carboxylic acids is 1. The maximum atomic E-state index is 12.0. The highest BCUT2D eigenvalue weighted by Gasteiger charge is 2.15. The molecule has 3 N–H and O–H groups in total.